The maximum Gasteiger partial charge on any atom is 0.116 e. The van der Waals surface area contributed by atoms with Crippen LogP contribution < -0.4 is 0 Å². The van der Waals surface area contributed by atoms with Gasteiger partial charge in [-0.3, -0.25) is 0 Å². The Morgan fingerprint density at radius 1 is 1.00 bits per heavy atom. The van der Waals surface area contributed by atoms with E-state index in [4.69, 9.17) is 0 Å². The van der Waals surface area contributed by atoms with E-state index < -0.39 is 0 Å². The zero-order valence-corrected chi connectivity index (χ0v) is 10.2. The Bertz CT molecular complexity index is 586. The van der Waals surface area contributed by atoms with Gasteiger partial charge in [-0.2, -0.15) is 0 Å². The first-order valence-electron chi connectivity index (χ1n) is 6.10. The van der Waals surface area contributed by atoms with Gasteiger partial charge in [0.1, 0.15) is 5.75 Å². The zero-order chi connectivity index (χ0) is 12.0. The molecule has 1 nitrogen and oxygen atoms in total. The number of benzene rings is 2. The number of phenols is 1. The summed E-state index contributed by atoms with van der Waals surface area (Å²) in [5.41, 5.74) is 5.24. The van der Waals surface area contributed by atoms with Gasteiger partial charge in [0.25, 0.3) is 0 Å². The summed E-state index contributed by atoms with van der Waals surface area (Å²) in [5.74, 6) is 0.346. The van der Waals surface area contributed by atoms with Crippen LogP contribution in [0.5, 0.6) is 5.75 Å². The topological polar surface area (TPSA) is 20.2 Å². The summed E-state index contributed by atoms with van der Waals surface area (Å²) < 4.78 is 0. The Morgan fingerprint density at radius 3 is 2.47 bits per heavy atom. The van der Waals surface area contributed by atoms with Gasteiger partial charge in [0.05, 0.1) is 0 Å². The molecule has 1 N–H and O–H groups in total. The van der Waals surface area contributed by atoms with Crippen LogP contribution in [-0.4, -0.2) is 5.11 Å². The summed E-state index contributed by atoms with van der Waals surface area (Å²) in [6.45, 7) is 4.51. The monoisotopic (exact) mass is 224 g/mol. The van der Waals surface area contributed by atoms with Crippen LogP contribution in [0.4, 0.5) is 0 Å². The lowest BCUT2D eigenvalue weighted by Crippen LogP contribution is -2.18. The molecule has 1 unspecified atom stereocenters. The fourth-order valence-electron chi connectivity index (χ4n) is 2.96. The average molecular weight is 224 g/mol. The largest absolute Gasteiger partial charge is 0.508 e. The first kappa shape index (κ1) is 10.4. The minimum atomic E-state index is 0.0830. The third-order valence-corrected chi connectivity index (χ3v) is 4.12. The molecule has 1 heteroatoms. The van der Waals surface area contributed by atoms with Crippen LogP contribution >= 0.6 is 0 Å². The van der Waals surface area contributed by atoms with Crippen molar-refractivity contribution >= 4 is 0 Å². The Morgan fingerprint density at radius 2 is 1.71 bits per heavy atom. The standard InChI is InChI=1S/C16H16O/c1-3-16(2)14-7-5-4-6-12(14)13-10-11(17)8-9-15(13)16/h4-10,17H,3H2,1-2H3. The second-order valence-electron chi connectivity index (χ2n) is 4.96. The van der Waals surface area contributed by atoms with Crippen molar-refractivity contribution in [3.63, 3.8) is 0 Å². The van der Waals surface area contributed by atoms with Gasteiger partial charge in [-0.25, -0.2) is 0 Å². The van der Waals surface area contributed by atoms with Crippen LogP contribution in [0.3, 0.4) is 0 Å². The van der Waals surface area contributed by atoms with E-state index in [0.29, 0.717) is 5.75 Å². The van der Waals surface area contributed by atoms with Crippen molar-refractivity contribution in [1.82, 2.24) is 0 Å². The molecule has 2 aromatic carbocycles. The lowest BCUT2D eigenvalue weighted by atomic mass is 9.78. The van der Waals surface area contributed by atoms with Gasteiger partial charge in [0, 0.05) is 5.41 Å². The lowest BCUT2D eigenvalue weighted by Gasteiger charge is -2.25. The molecule has 0 saturated carbocycles. The fourth-order valence-corrected chi connectivity index (χ4v) is 2.96. The molecule has 17 heavy (non-hydrogen) atoms. The van der Waals surface area contributed by atoms with Gasteiger partial charge >= 0.3 is 0 Å². The first-order valence-corrected chi connectivity index (χ1v) is 6.10. The van der Waals surface area contributed by atoms with Crippen LogP contribution in [0.15, 0.2) is 42.5 Å². The molecular weight excluding hydrogens is 208 g/mol. The molecule has 0 fully saturated rings. The van der Waals surface area contributed by atoms with Crippen molar-refractivity contribution in [3.8, 4) is 16.9 Å². The Labute approximate surface area is 102 Å². The molecule has 86 valence electrons. The summed E-state index contributed by atoms with van der Waals surface area (Å²) >= 11 is 0. The molecule has 0 spiro atoms. The average Bonchev–Trinajstić information content (AvgIpc) is 2.61. The van der Waals surface area contributed by atoms with Gasteiger partial charge in [0.2, 0.25) is 0 Å². The Kier molecular flexibility index (Phi) is 2.06. The van der Waals surface area contributed by atoms with E-state index in [1.165, 1.54) is 22.3 Å². The molecule has 0 aliphatic heterocycles. The van der Waals surface area contributed by atoms with Crippen LogP contribution in [0.25, 0.3) is 11.1 Å². The molecule has 0 bridgehead atoms. The van der Waals surface area contributed by atoms with E-state index in [-0.39, 0.29) is 5.41 Å². The highest BCUT2D eigenvalue weighted by Crippen LogP contribution is 2.51. The minimum Gasteiger partial charge on any atom is -0.508 e. The second kappa shape index (κ2) is 3.36. The van der Waals surface area contributed by atoms with Crippen molar-refractivity contribution in [2.75, 3.05) is 0 Å². The predicted molar refractivity (Wildman–Crippen MR) is 70.3 cm³/mol. The maximum absolute atomic E-state index is 9.66. The number of aromatic hydroxyl groups is 1. The summed E-state index contributed by atoms with van der Waals surface area (Å²) in [7, 11) is 0. The van der Waals surface area contributed by atoms with Gasteiger partial charge < -0.3 is 5.11 Å². The highest BCUT2D eigenvalue weighted by atomic mass is 16.3. The number of hydrogen-bond donors (Lipinski definition) is 1. The predicted octanol–water partition coefficient (Wildman–Crippen LogP) is 4.09. The first-order chi connectivity index (χ1) is 8.16. The maximum atomic E-state index is 9.66. The van der Waals surface area contributed by atoms with Crippen LogP contribution in [0.2, 0.25) is 0 Å². The van der Waals surface area contributed by atoms with Gasteiger partial charge in [-0.15, -0.1) is 0 Å². The summed E-state index contributed by atoms with van der Waals surface area (Å²) in [4.78, 5) is 0. The van der Waals surface area contributed by atoms with Crippen LogP contribution in [0.1, 0.15) is 31.4 Å². The third kappa shape index (κ3) is 1.25. The molecule has 0 amide bonds. The summed E-state index contributed by atoms with van der Waals surface area (Å²) in [5, 5.41) is 9.66. The quantitative estimate of drug-likeness (QED) is 0.773. The highest BCUT2D eigenvalue weighted by Gasteiger charge is 2.37. The van der Waals surface area contributed by atoms with Crippen molar-refractivity contribution < 1.29 is 5.11 Å². The number of fused-ring (bicyclic) bond motifs is 3. The minimum absolute atomic E-state index is 0.0830. The summed E-state index contributed by atoms with van der Waals surface area (Å²) in [6.07, 6.45) is 1.07. The van der Waals surface area contributed by atoms with Crippen molar-refractivity contribution in [2.45, 2.75) is 25.7 Å². The third-order valence-electron chi connectivity index (χ3n) is 4.12. The molecule has 1 atom stereocenters. The van der Waals surface area contributed by atoms with E-state index in [1.807, 2.05) is 6.07 Å². The highest BCUT2D eigenvalue weighted by molar-refractivity contribution is 5.81. The normalized spacial score (nSPS) is 21.1. The van der Waals surface area contributed by atoms with Gasteiger partial charge in [-0.1, -0.05) is 44.2 Å². The molecule has 0 aromatic heterocycles. The Balaban J connectivity index is 2.38. The Hall–Kier alpha value is -1.76. The molecule has 0 saturated heterocycles. The fraction of sp³-hybridized carbons (Fsp3) is 0.250. The molecule has 2 aromatic rings. The van der Waals surface area contributed by atoms with E-state index in [1.54, 1.807) is 6.07 Å². The van der Waals surface area contributed by atoms with E-state index >= 15 is 0 Å². The van der Waals surface area contributed by atoms with Crippen molar-refractivity contribution in [3.05, 3.63) is 53.6 Å². The number of phenolic OH excluding ortho intramolecular Hbond substituents is 1. The van der Waals surface area contributed by atoms with E-state index in [0.717, 1.165) is 6.42 Å². The van der Waals surface area contributed by atoms with Crippen molar-refractivity contribution in [2.24, 2.45) is 0 Å². The van der Waals surface area contributed by atoms with E-state index in [9.17, 15) is 5.11 Å². The second-order valence-corrected chi connectivity index (χ2v) is 4.96. The number of hydrogen-bond acceptors (Lipinski definition) is 1. The summed E-state index contributed by atoms with van der Waals surface area (Å²) in [6, 6.07) is 14.2. The van der Waals surface area contributed by atoms with Crippen LogP contribution in [0, 0.1) is 0 Å². The van der Waals surface area contributed by atoms with Crippen LogP contribution in [-0.2, 0) is 5.41 Å². The van der Waals surface area contributed by atoms with Gasteiger partial charge in [0.15, 0.2) is 0 Å². The van der Waals surface area contributed by atoms with Gasteiger partial charge in [-0.05, 0) is 40.8 Å². The SMILES string of the molecule is CCC1(C)c2ccccc2-c2cc(O)ccc21. The lowest BCUT2D eigenvalue weighted by molar-refractivity contribution is 0.474. The molecule has 0 heterocycles. The molecule has 3 rings (SSSR count). The molecular formula is C16H16O. The van der Waals surface area contributed by atoms with Crippen molar-refractivity contribution in [1.29, 1.82) is 0 Å². The molecule has 0 radical (unpaired) electrons. The molecule has 1 aliphatic carbocycles. The smallest absolute Gasteiger partial charge is 0.116 e. The zero-order valence-electron chi connectivity index (χ0n) is 10.2. The number of rotatable bonds is 1. The molecule has 1 aliphatic rings. The van der Waals surface area contributed by atoms with E-state index in [2.05, 4.69) is 44.2 Å².